The number of nitrogens with zero attached hydrogens (tertiary/aromatic N) is 4. The Morgan fingerprint density at radius 3 is 2.38 bits per heavy atom. The molecule has 0 radical (unpaired) electrons. The number of nitrogens with one attached hydrogen (secondary N) is 1. The molecule has 0 unspecified atom stereocenters. The summed E-state index contributed by atoms with van der Waals surface area (Å²) in [6, 6.07) is 8.06. The van der Waals surface area contributed by atoms with Crippen LogP contribution in [0, 0.1) is 0 Å². The molecule has 1 aromatic heterocycles. The number of carbonyl (C=O) groups is 1. The van der Waals surface area contributed by atoms with Gasteiger partial charge in [-0.15, -0.1) is 0 Å². The lowest BCUT2D eigenvalue weighted by Crippen LogP contribution is -2.53. The van der Waals surface area contributed by atoms with Gasteiger partial charge in [0.2, 0.25) is 0 Å². The highest BCUT2D eigenvalue weighted by molar-refractivity contribution is 7.92. The fraction of sp³-hybridized carbons (Fsp3) is 0.550. The maximum Gasteiger partial charge on any atom is 0.320 e. The Morgan fingerprint density at radius 1 is 1.10 bits per heavy atom. The molecule has 0 bridgehead atoms. The van der Waals surface area contributed by atoms with Crippen LogP contribution in [0.5, 0.6) is 0 Å². The van der Waals surface area contributed by atoms with Crippen molar-refractivity contribution < 1.29 is 13.2 Å². The molecule has 29 heavy (non-hydrogen) atoms. The van der Waals surface area contributed by atoms with Gasteiger partial charge < -0.3 is 9.80 Å². The van der Waals surface area contributed by atoms with Crippen LogP contribution in [-0.2, 0) is 14.6 Å². The molecule has 1 saturated carbocycles. The van der Waals surface area contributed by atoms with Crippen molar-refractivity contribution in [2.45, 2.75) is 35.8 Å². The Morgan fingerprint density at radius 2 is 1.79 bits per heavy atom. The molecule has 3 aliphatic rings. The van der Waals surface area contributed by atoms with Crippen molar-refractivity contribution in [2.24, 2.45) is 0 Å². The molecule has 1 aliphatic carbocycles. The van der Waals surface area contributed by atoms with Crippen LogP contribution in [0.25, 0.3) is 0 Å². The summed E-state index contributed by atoms with van der Waals surface area (Å²) >= 11 is 0. The Balaban J connectivity index is 1.18. The Kier molecular flexibility index (Phi) is 4.20. The molecule has 2 aromatic rings. The van der Waals surface area contributed by atoms with Crippen LogP contribution in [0.15, 0.2) is 30.6 Å². The summed E-state index contributed by atoms with van der Waals surface area (Å²) in [6.45, 7) is 2.84. The number of urea groups is 1. The summed E-state index contributed by atoms with van der Waals surface area (Å²) < 4.78 is 23.5. The number of amides is 2. The number of aromatic nitrogens is 3. The molecule has 8 nitrogen and oxygen atoms in total. The number of carbonyl (C=O) groups excluding carboxylic acids is 1. The van der Waals surface area contributed by atoms with E-state index in [4.69, 9.17) is 0 Å². The van der Waals surface area contributed by atoms with Crippen molar-refractivity contribution in [3.05, 3.63) is 47.5 Å². The van der Waals surface area contributed by atoms with Crippen LogP contribution in [0.1, 0.15) is 48.0 Å². The smallest absolute Gasteiger partial charge is 0.320 e. The molecule has 1 aromatic carbocycles. The SMILES string of the molecule is CS(=O)(=O)C1(c2ccc(C3CN(C(=O)N4CC[C@H](c5ncn[nH]5)C4)C3)cc2)CC1. The zero-order valence-electron chi connectivity index (χ0n) is 16.4. The van der Waals surface area contributed by atoms with E-state index < -0.39 is 14.6 Å². The topological polar surface area (TPSA) is 99.3 Å². The summed E-state index contributed by atoms with van der Waals surface area (Å²) in [5.74, 6) is 1.40. The average Bonchev–Trinajstić information content (AvgIpc) is 3.08. The van der Waals surface area contributed by atoms with Crippen molar-refractivity contribution in [3.8, 4) is 0 Å². The first-order valence-electron chi connectivity index (χ1n) is 10.1. The van der Waals surface area contributed by atoms with E-state index in [2.05, 4.69) is 15.2 Å². The zero-order valence-corrected chi connectivity index (χ0v) is 17.2. The lowest BCUT2D eigenvalue weighted by atomic mass is 9.90. The van der Waals surface area contributed by atoms with Crippen LogP contribution in [0.4, 0.5) is 4.79 Å². The van der Waals surface area contributed by atoms with Crippen molar-refractivity contribution in [1.82, 2.24) is 25.0 Å². The minimum Gasteiger partial charge on any atom is -0.324 e. The summed E-state index contributed by atoms with van der Waals surface area (Å²) in [4.78, 5) is 20.8. The zero-order chi connectivity index (χ0) is 20.2. The number of aromatic amines is 1. The van der Waals surface area contributed by atoms with E-state index in [0.717, 1.165) is 24.4 Å². The van der Waals surface area contributed by atoms with Crippen LogP contribution < -0.4 is 0 Å². The molecule has 2 aliphatic heterocycles. The molecular formula is C20H25N5O3S. The van der Waals surface area contributed by atoms with E-state index >= 15 is 0 Å². The van der Waals surface area contributed by atoms with E-state index in [1.54, 1.807) is 0 Å². The quantitative estimate of drug-likeness (QED) is 0.822. The monoisotopic (exact) mass is 415 g/mol. The summed E-state index contributed by atoms with van der Waals surface area (Å²) in [6.07, 6.45) is 5.16. The minimum absolute atomic E-state index is 0.0916. The van der Waals surface area contributed by atoms with Gasteiger partial charge in [0.15, 0.2) is 9.84 Å². The van der Waals surface area contributed by atoms with Crippen molar-refractivity contribution in [2.75, 3.05) is 32.4 Å². The second-order valence-electron chi connectivity index (χ2n) is 8.58. The molecule has 2 amide bonds. The largest absolute Gasteiger partial charge is 0.324 e. The van der Waals surface area contributed by atoms with Crippen molar-refractivity contribution in [3.63, 3.8) is 0 Å². The van der Waals surface area contributed by atoms with E-state index in [1.807, 2.05) is 34.1 Å². The van der Waals surface area contributed by atoms with E-state index in [9.17, 15) is 13.2 Å². The Labute approximate surface area is 170 Å². The lowest BCUT2D eigenvalue weighted by molar-refractivity contribution is 0.121. The molecule has 9 heteroatoms. The number of benzene rings is 1. The minimum atomic E-state index is -3.09. The predicted molar refractivity (Wildman–Crippen MR) is 107 cm³/mol. The number of hydrogen-bond donors (Lipinski definition) is 1. The predicted octanol–water partition coefficient (Wildman–Crippen LogP) is 1.85. The van der Waals surface area contributed by atoms with E-state index in [-0.39, 0.29) is 11.9 Å². The number of sulfone groups is 1. The highest BCUT2D eigenvalue weighted by Gasteiger charge is 2.53. The Hall–Kier alpha value is -2.42. The lowest BCUT2D eigenvalue weighted by Gasteiger charge is -2.41. The van der Waals surface area contributed by atoms with Gasteiger partial charge in [0.1, 0.15) is 12.2 Å². The number of hydrogen-bond acceptors (Lipinski definition) is 5. The van der Waals surface area contributed by atoms with Gasteiger partial charge in [-0.3, -0.25) is 5.10 Å². The van der Waals surface area contributed by atoms with E-state index in [1.165, 1.54) is 18.1 Å². The second kappa shape index (κ2) is 6.55. The second-order valence-corrected chi connectivity index (χ2v) is 10.9. The molecule has 5 rings (SSSR count). The number of likely N-dealkylation sites (tertiary alicyclic amines) is 2. The standard InChI is InChI=1S/C20H25N5O3S/c1-29(27,28)20(7-8-20)17-4-2-14(3-5-17)16-11-25(12-16)19(26)24-9-6-15(10-24)18-21-13-22-23-18/h2-5,13,15-16H,6-12H2,1H3,(H,21,22,23)/t15-/m0/s1. The average molecular weight is 416 g/mol. The van der Waals surface area contributed by atoms with Crippen LogP contribution >= 0.6 is 0 Å². The van der Waals surface area contributed by atoms with Crippen LogP contribution in [-0.4, -0.2) is 71.9 Å². The first-order valence-corrected chi connectivity index (χ1v) is 12.0. The van der Waals surface area contributed by atoms with Crippen LogP contribution in [0.3, 0.4) is 0 Å². The normalized spacial score (nSPS) is 23.8. The highest BCUT2D eigenvalue weighted by atomic mass is 32.2. The van der Waals surface area contributed by atoms with Gasteiger partial charge in [0.05, 0.1) is 4.75 Å². The highest BCUT2D eigenvalue weighted by Crippen LogP contribution is 2.52. The maximum atomic E-state index is 12.8. The van der Waals surface area contributed by atoms with Gasteiger partial charge in [-0.25, -0.2) is 18.2 Å². The molecule has 3 fully saturated rings. The fourth-order valence-electron chi connectivity index (χ4n) is 4.66. The van der Waals surface area contributed by atoms with Gasteiger partial charge >= 0.3 is 6.03 Å². The third-order valence-corrected chi connectivity index (χ3v) is 8.82. The van der Waals surface area contributed by atoms with Gasteiger partial charge in [-0.1, -0.05) is 24.3 Å². The maximum absolute atomic E-state index is 12.8. The molecule has 0 spiro atoms. The van der Waals surface area contributed by atoms with Crippen molar-refractivity contribution in [1.29, 1.82) is 0 Å². The van der Waals surface area contributed by atoms with E-state index in [0.29, 0.717) is 38.4 Å². The molecule has 154 valence electrons. The molecule has 3 heterocycles. The third kappa shape index (κ3) is 3.11. The Bertz CT molecular complexity index is 1010. The first kappa shape index (κ1) is 18.6. The van der Waals surface area contributed by atoms with Gasteiger partial charge in [-0.05, 0) is 30.4 Å². The summed E-state index contributed by atoms with van der Waals surface area (Å²) in [5.41, 5.74) is 2.06. The van der Waals surface area contributed by atoms with Crippen LogP contribution in [0.2, 0.25) is 0 Å². The van der Waals surface area contributed by atoms with Gasteiger partial charge in [0, 0.05) is 44.3 Å². The molecular weight excluding hydrogens is 390 g/mol. The molecule has 1 atom stereocenters. The molecule has 1 N–H and O–H groups in total. The third-order valence-electron chi connectivity index (χ3n) is 6.75. The van der Waals surface area contributed by atoms with Crippen molar-refractivity contribution >= 4 is 15.9 Å². The fourth-order valence-corrected chi connectivity index (χ4v) is 6.07. The summed E-state index contributed by atoms with van der Waals surface area (Å²) in [5, 5.41) is 6.80. The number of rotatable bonds is 4. The molecule has 2 saturated heterocycles. The van der Waals surface area contributed by atoms with Gasteiger partial charge in [-0.2, -0.15) is 5.10 Å². The first-order chi connectivity index (χ1) is 13.9. The van der Waals surface area contributed by atoms with Gasteiger partial charge in [0.25, 0.3) is 0 Å². The number of H-pyrrole nitrogens is 1. The summed E-state index contributed by atoms with van der Waals surface area (Å²) in [7, 11) is -3.09.